The number of aliphatic hydroxyl groups excluding tert-OH is 1. The zero-order valence-corrected chi connectivity index (χ0v) is 31.7. The van der Waals surface area contributed by atoms with Crippen molar-refractivity contribution in [2.24, 2.45) is 5.41 Å². The summed E-state index contributed by atoms with van der Waals surface area (Å²) in [7, 11) is -5.60. The van der Waals surface area contributed by atoms with E-state index >= 15 is 0 Å². The van der Waals surface area contributed by atoms with Crippen LogP contribution in [0.3, 0.4) is 0 Å². The number of aryl methyl sites for hydroxylation is 2. The van der Waals surface area contributed by atoms with Gasteiger partial charge < -0.3 is 38.5 Å². The molecular weight excluding hydrogens is 610 g/mol. The van der Waals surface area contributed by atoms with Crippen LogP contribution in [0.2, 0.25) is 0 Å². The Morgan fingerprint density at radius 2 is 1.00 bits per heavy atom. The minimum Gasteiger partial charge on any atom is -0.484 e. The second kappa shape index (κ2) is 14.5. The molecule has 0 radical (unpaired) electrons. The Morgan fingerprint density at radius 3 is 1.36 bits per heavy atom. The molecule has 0 saturated carbocycles. The molecule has 10 heteroatoms. The van der Waals surface area contributed by atoms with Crippen LogP contribution >= 0.6 is 17.2 Å². The molecule has 2 aromatic rings. The zero-order valence-electron chi connectivity index (χ0n) is 29.9. The van der Waals surface area contributed by atoms with Crippen LogP contribution in [-0.2, 0) is 30.7 Å². The lowest BCUT2D eigenvalue weighted by Crippen LogP contribution is -2.45. The van der Waals surface area contributed by atoms with E-state index in [9.17, 15) is 24.7 Å². The summed E-state index contributed by atoms with van der Waals surface area (Å²) in [4.78, 5) is 39.3. The quantitative estimate of drug-likeness (QED) is 0.152. The molecule has 5 N–H and O–H groups in total. The van der Waals surface area contributed by atoms with E-state index in [2.05, 4.69) is 107 Å². The Balaban J connectivity index is 3.14. The highest BCUT2D eigenvalue weighted by molar-refractivity contribution is 7.39. The van der Waals surface area contributed by atoms with Crippen molar-refractivity contribution in [2.75, 3.05) is 19.8 Å². The standard InChI is InChI=1S/C35H58O8P2/c1-22-15-24(31(3,4)5)17-26(33(9,10)11)28(22)30(35(19-36,20-41-44(37)38)21-42-45(39)40)43-29-23(2)16-25(32(6,7)8)18-27(29)34(12,13)14/h15-18,30,36-40H,19-21H2,1-14H3. The van der Waals surface area contributed by atoms with E-state index in [4.69, 9.17) is 13.8 Å². The maximum atomic E-state index is 11.2. The van der Waals surface area contributed by atoms with Crippen LogP contribution in [0.25, 0.3) is 0 Å². The summed E-state index contributed by atoms with van der Waals surface area (Å²) in [5.41, 5.74) is 4.46. The van der Waals surface area contributed by atoms with E-state index in [0.29, 0.717) is 5.75 Å². The lowest BCUT2D eigenvalue weighted by Gasteiger charge is -2.43. The molecule has 8 nitrogen and oxygen atoms in total. The summed E-state index contributed by atoms with van der Waals surface area (Å²) in [6.45, 7) is 28.4. The molecule has 0 aromatic heterocycles. The Bertz CT molecular complexity index is 1280. The van der Waals surface area contributed by atoms with E-state index < -0.39 is 35.3 Å². The molecule has 2 aromatic carbocycles. The zero-order chi connectivity index (χ0) is 34.9. The molecule has 1 atom stereocenters. The van der Waals surface area contributed by atoms with Crippen molar-refractivity contribution in [3.63, 3.8) is 0 Å². The fourth-order valence-electron chi connectivity index (χ4n) is 5.47. The predicted molar refractivity (Wildman–Crippen MR) is 185 cm³/mol. The van der Waals surface area contributed by atoms with Crippen molar-refractivity contribution in [1.82, 2.24) is 0 Å². The van der Waals surface area contributed by atoms with E-state index in [1.807, 2.05) is 13.8 Å². The fourth-order valence-corrected chi connectivity index (χ4v) is 6.21. The molecule has 0 fully saturated rings. The van der Waals surface area contributed by atoms with E-state index in [0.717, 1.165) is 38.9 Å². The van der Waals surface area contributed by atoms with Gasteiger partial charge >= 0.3 is 17.2 Å². The molecule has 1 unspecified atom stereocenters. The van der Waals surface area contributed by atoms with Gasteiger partial charge in [0.1, 0.15) is 11.9 Å². The molecule has 0 bridgehead atoms. The summed E-state index contributed by atoms with van der Waals surface area (Å²) in [6.07, 6.45) is -0.962. The van der Waals surface area contributed by atoms with Gasteiger partial charge in [0.15, 0.2) is 0 Å². The third kappa shape index (κ3) is 10.2. The van der Waals surface area contributed by atoms with E-state index in [-0.39, 0.29) is 34.9 Å². The van der Waals surface area contributed by atoms with Gasteiger partial charge in [0.2, 0.25) is 0 Å². The first-order chi connectivity index (χ1) is 20.2. The highest BCUT2D eigenvalue weighted by Crippen LogP contribution is 2.50. The van der Waals surface area contributed by atoms with Crippen molar-refractivity contribution < 1.29 is 38.5 Å². The third-order valence-corrected chi connectivity index (χ3v) is 9.03. The van der Waals surface area contributed by atoms with Crippen LogP contribution in [0.4, 0.5) is 0 Å². The first-order valence-electron chi connectivity index (χ1n) is 15.4. The van der Waals surface area contributed by atoms with Crippen LogP contribution in [0.15, 0.2) is 24.3 Å². The van der Waals surface area contributed by atoms with Crippen LogP contribution < -0.4 is 4.74 Å². The Hall–Kier alpha value is -1.18. The molecule has 2 rings (SSSR count). The average Bonchev–Trinajstić information content (AvgIpc) is 2.85. The number of aliphatic hydroxyl groups is 1. The normalized spacial score (nSPS) is 14.4. The summed E-state index contributed by atoms with van der Waals surface area (Å²) in [6, 6.07) is 8.60. The third-order valence-electron chi connectivity index (χ3n) is 8.31. The second-order valence-corrected chi connectivity index (χ2v) is 18.0. The van der Waals surface area contributed by atoms with Gasteiger partial charge in [-0.2, -0.15) is 0 Å². The SMILES string of the molecule is Cc1cc(C(C)(C)C)cc(C(C)(C)C)c1OC(c1c(C)cc(C(C)(C)C)cc1C(C)(C)C)C(CO)(COP(O)O)COP(O)O. The Kier molecular flexibility index (Phi) is 12.9. The minimum atomic E-state index is -2.80. The largest absolute Gasteiger partial charge is 0.484 e. The summed E-state index contributed by atoms with van der Waals surface area (Å²) in [5, 5.41) is 11.2. The Morgan fingerprint density at radius 1 is 0.600 bits per heavy atom. The molecule has 0 amide bonds. The fraction of sp³-hybridized carbons (Fsp3) is 0.657. The lowest BCUT2D eigenvalue weighted by molar-refractivity contribution is -0.0668. The van der Waals surface area contributed by atoms with Gasteiger partial charge in [-0.15, -0.1) is 0 Å². The maximum absolute atomic E-state index is 11.2. The molecular formula is C35H58O8P2. The van der Waals surface area contributed by atoms with Crippen LogP contribution in [-0.4, -0.2) is 44.5 Å². The minimum absolute atomic E-state index is 0.114. The van der Waals surface area contributed by atoms with Gasteiger partial charge in [0, 0.05) is 5.56 Å². The number of rotatable bonds is 11. The van der Waals surface area contributed by atoms with Gasteiger partial charge in [-0.1, -0.05) is 107 Å². The monoisotopic (exact) mass is 668 g/mol. The second-order valence-electron chi connectivity index (χ2n) is 16.5. The van der Waals surface area contributed by atoms with Crippen molar-refractivity contribution in [2.45, 2.75) is 125 Å². The molecule has 0 heterocycles. The average molecular weight is 669 g/mol. The summed E-state index contributed by atoms with van der Waals surface area (Å²) in [5.74, 6) is 0.642. The van der Waals surface area contributed by atoms with Crippen LogP contribution in [0, 0.1) is 19.3 Å². The van der Waals surface area contributed by atoms with Crippen molar-refractivity contribution in [1.29, 1.82) is 0 Å². The van der Waals surface area contributed by atoms with Gasteiger partial charge in [0.25, 0.3) is 0 Å². The van der Waals surface area contributed by atoms with Gasteiger partial charge in [-0.05, 0) is 68.9 Å². The van der Waals surface area contributed by atoms with Crippen LogP contribution in [0.1, 0.15) is 128 Å². The Labute approximate surface area is 274 Å². The van der Waals surface area contributed by atoms with Gasteiger partial charge in [0.05, 0.1) is 25.2 Å². The first kappa shape index (κ1) is 40.0. The molecule has 0 aliphatic carbocycles. The topological polar surface area (TPSA) is 129 Å². The summed E-state index contributed by atoms with van der Waals surface area (Å²) >= 11 is 0. The molecule has 0 aliphatic rings. The highest BCUT2D eigenvalue weighted by Gasteiger charge is 2.47. The van der Waals surface area contributed by atoms with Crippen LogP contribution in [0.5, 0.6) is 5.75 Å². The molecule has 0 aliphatic heterocycles. The number of benzene rings is 2. The molecule has 45 heavy (non-hydrogen) atoms. The molecule has 256 valence electrons. The van der Waals surface area contributed by atoms with Gasteiger partial charge in [-0.3, -0.25) is 0 Å². The maximum Gasteiger partial charge on any atom is 0.327 e. The van der Waals surface area contributed by atoms with Gasteiger partial charge in [-0.25, -0.2) is 0 Å². The van der Waals surface area contributed by atoms with Crippen molar-refractivity contribution in [3.8, 4) is 5.75 Å². The van der Waals surface area contributed by atoms with E-state index in [1.54, 1.807) is 0 Å². The smallest absolute Gasteiger partial charge is 0.327 e. The molecule has 0 spiro atoms. The molecule has 0 saturated heterocycles. The van der Waals surface area contributed by atoms with Crippen molar-refractivity contribution in [3.05, 3.63) is 63.2 Å². The number of hydrogen-bond donors (Lipinski definition) is 5. The van der Waals surface area contributed by atoms with E-state index in [1.165, 1.54) is 0 Å². The highest BCUT2D eigenvalue weighted by atomic mass is 31.2. The lowest BCUT2D eigenvalue weighted by atomic mass is 9.71. The van der Waals surface area contributed by atoms with Crippen molar-refractivity contribution >= 4 is 17.2 Å². The summed E-state index contributed by atoms with van der Waals surface area (Å²) < 4.78 is 18.0. The number of ether oxygens (including phenoxy) is 1. The first-order valence-corrected chi connectivity index (χ1v) is 17.8. The predicted octanol–water partition coefficient (Wildman–Crippen LogP) is 8.05. The number of hydrogen-bond acceptors (Lipinski definition) is 8.